The van der Waals surface area contributed by atoms with Crippen LogP contribution in [0.2, 0.25) is 5.02 Å². The molecule has 0 aromatic heterocycles. The van der Waals surface area contributed by atoms with Crippen LogP contribution in [0.5, 0.6) is 0 Å². The highest BCUT2D eigenvalue weighted by molar-refractivity contribution is 7.99. The number of nitrogens with one attached hydrogen (secondary N) is 1. The van der Waals surface area contributed by atoms with E-state index in [1.54, 1.807) is 4.72 Å². The molecule has 0 bridgehead atoms. The van der Waals surface area contributed by atoms with Crippen LogP contribution >= 0.6 is 23.4 Å². The molecule has 0 atom stereocenters. The Balaban J connectivity index is 2.41. The Hall–Kier alpha value is -1.76. The van der Waals surface area contributed by atoms with Crippen LogP contribution in [-0.4, -0.2) is 34.8 Å². The van der Waals surface area contributed by atoms with Gasteiger partial charge in [0.1, 0.15) is 0 Å². The molecular formula is C18H17ClF3NO5S3. The fourth-order valence-electron chi connectivity index (χ4n) is 2.47. The van der Waals surface area contributed by atoms with E-state index in [4.69, 9.17) is 11.6 Å². The largest absolute Gasteiger partial charge is 0.416 e. The van der Waals surface area contributed by atoms with Gasteiger partial charge in [-0.05, 0) is 42.0 Å². The Morgan fingerprint density at radius 1 is 1.10 bits per heavy atom. The number of hydrogen-bond donors (Lipinski definition) is 1. The van der Waals surface area contributed by atoms with Crippen molar-refractivity contribution in [2.24, 2.45) is 0 Å². The molecule has 2 aromatic rings. The van der Waals surface area contributed by atoms with Crippen molar-refractivity contribution in [2.75, 3.05) is 12.0 Å². The van der Waals surface area contributed by atoms with Gasteiger partial charge in [-0.1, -0.05) is 30.3 Å². The normalized spacial score (nSPS) is 12.6. The molecule has 0 unspecified atom stereocenters. The molecule has 31 heavy (non-hydrogen) atoms. The molecule has 0 heterocycles. The zero-order valence-corrected chi connectivity index (χ0v) is 19.4. The van der Waals surface area contributed by atoms with E-state index in [0.29, 0.717) is 4.90 Å². The smallest absolute Gasteiger partial charge is 0.274 e. The van der Waals surface area contributed by atoms with Crippen molar-refractivity contribution in [1.29, 1.82) is 0 Å². The lowest BCUT2D eigenvalue weighted by atomic mass is 10.1. The van der Waals surface area contributed by atoms with E-state index in [0.717, 1.165) is 30.2 Å². The van der Waals surface area contributed by atoms with Gasteiger partial charge in [0.2, 0.25) is 15.9 Å². The molecule has 0 aliphatic heterocycles. The fourth-order valence-corrected chi connectivity index (χ4v) is 5.16. The molecule has 13 heteroatoms. The molecule has 0 saturated carbocycles. The Kier molecular flexibility index (Phi) is 7.72. The molecule has 170 valence electrons. The summed E-state index contributed by atoms with van der Waals surface area (Å²) in [6.45, 7) is 1.47. The number of halogens is 4. The minimum Gasteiger partial charge on any atom is -0.274 e. The quantitative estimate of drug-likeness (QED) is 0.600. The fraction of sp³-hybridized carbons (Fsp3) is 0.278. The van der Waals surface area contributed by atoms with Crippen molar-refractivity contribution >= 4 is 49.1 Å². The van der Waals surface area contributed by atoms with E-state index in [1.807, 2.05) is 0 Å². The lowest BCUT2D eigenvalue weighted by molar-refractivity contribution is -0.137. The van der Waals surface area contributed by atoms with Gasteiger partial charge in [-0.2, -0.15) is 13.2 Å². The average molecular weight is 516 g/mol. The Bertz CT molecular complexity index is 1210. The summed E-state index contributed by atoms with van der Waals surface area (Å²) in [6, 6.07) is 6.82. The number of carbonyl (C=O) groups is 1. The van der Waals surface area contributed by atoms with E-state index in [1.165, 1.54) is 31.2 Å². The first-order valence-electron chi connectivity index (χ1n) is 8.52. The summed E-state index contributed by atoms with van der Waals surface area (Å²) in [6.07, 6.45) is -4.55. The molecule has 0 radical (unpaired) electrons. The molecule has 0 aliphatic carbocycles. The first-order valence-corrected chi connectivity index (χ1v) is 13.3. The van der Waals surface area contributed by atoms with Gasteiger partial charge in [0.25, 0.3) is 0 Å². The summed E-state index contributed by atoms with van der Waals surface area (Å²) in [5, 5.41) is 0.0355. The van der Waals surface area contributed by atoms with Crippen LogP contribution < -0.4 is 4.72 Å². The Morgan fingerprint density at radius 3 is 2.26 bits per heavy atom. The number of rotatable bonds is 7. The van der Waals surface area contributed by atoms with Crippen LogP contribution in [0.15, 0.2) is 51.1 Å². The van der Waals surface area contributed by atoms with Gasteiger partial charge in [-0.15, -0.1) is 0 Å². The van der Waals surface area contributed by atoms with Gasteiger partial charge in [0.15, 0.2) is 9.84 Å². The second kappa shape index (κ2) is 9.39. The Labute approximate surface area is 187 Å². The molecule has 6 nitrogen and oxygen atoms in total. The van der Waals surface area contributed by atoms with Crippen molar-refractivity contribution in [3.05, 3.63) is 52.5 Å². The van der Waals surface area contributed by atoms with Gasteiger partial charge >= 0.3 is 6.18 Å². The maximum absolute atomic E-state index is 13.3. The van der Waals surface area contributed by atoms with Crippen molar-refractivity contribution in [3.8, 4) is 0 Å². The van der Waals surface area contributed by atoms with Gasteiger partial charge < -0.3 is 0 Å². The minimum atomic E-state index is -4.71. The molecule has 0 aliphatic rings. The predicted octanol–water partition coefficient (Wildman–Crippen LogP) is 3.92. The van der Waals surface area contributed by atoms with E-state index < -0.39 is 43.9 Å². The van der Waals surface area contributed by atoms with Crippen molar-refractivity contribution in [1.82, 2.24) is 4.72 Å². The molecule has 0 spiro atoms. The predicted molar refractivity (Wildman–Crippen MR) is 111 cm³/mol. The van der Waals surface area contributed by atoms with Crippen molar-refractivity contribution in [2.45, 2.75) is 34.2 Å². The summed E-state index contributed by atoms with van der Waals surface area (Å²) < 4.78 is 87.8. The first kappa shape index (κ1) is 25.5. The highest BCUT2D eigenvalue weighted by Crippen LogP contribution is 2.38. The number of sulfonamides is 1. The second-order valence-electron chi connectivity index (χ2n) is 6.44. The van der Waals surface area contributed by atoms with Crippen LogP contribution in [0, 0.1) is 0 Å². The van der Waals surface area contributed by atoms with Gasteiger partial charge in [-0.3, -0.25) is 9.52 Å². The number of alkyl halides is 3. The highest BCUT2D eigenvalue weighted by Gasteiger charge is 2.31. The summed E-state index contributed by atoms with van der Waals surface area (Å²) in [5.74, 6) is -1.12. The van der Waals surface area contributed by atoms with Crippen molar-refractivity contribution in [3.63, 3.8) is 0 Å². The van der Waals surface area contributed by atoms with Gasteiger partial charge in [0, 0.05) is 9.79 Å². The SMILES string of the molecule is CCS(=O)(=O)c1ccc(Sc2cc(CC(=O)NS(C)(=O)=O)cc(C(F)(F)F)c2)c(Cl)c1. The number of amides is 1. The van der Waals surface area contributed by atoms with Crippen LogP contribution in [0.4, 0.5) is 13.2 Å². The molecule has 1 N–H and O–H groups in total. The zero-order valence-electron chi connectivity index (χ0n) is 16.2. The third-order valence-corrected chi connectivity index (χ3v) is 7.63. The van der Waals surface area contributed by atoms with Crippen LogP contribution in [0.25, 0.3) is 0 Å². The summed E-state index contributed by atoms with van der Waals surface area (Å²) in [4.78, 5) is 12.2. The van der Waals surface area contributed by atoms with E-state index >= 15 is 0 Å². The van der Waals surface area contributed by atoms with Crippen LogP contribution in [0.1, 0.15) is 18.1 Å². The minimum absolute atomic E-state index is 0.00785. The number of hydrogen-bond acceptors (Lipinski definition) is 6. The number of benzene rings is 2. The molecule has 2 rings (SSSR count). The second-order valence-corrected chi connectivity index (χ2v) is 12.0. The lowest BCUT2D eigenvalue weighted by Gasteiger charge is -2.13. The van der Waals surface area contributed by atoms with Crippen LogP contribution in [-0.2, 0) is 37.3 Å². The van der Waals surface area contributed by atoms with Gasteiger partial charge in [-0.25, -0.2) is 16.8 Å². The summed E-state index contributed by atoms with van der Waals surface area (Å²) in [5.41, 5.74) is -1.08. The molecule has 1 amide bonds. The third-order valence-electron chi connectivity index (χ3n) is 3.83. The monoisotopic (exact) mass is 515 g/mol. The highest BCUT2D eigenvalue weighted by atomic mass is 35.5. The first-order chi connectivity index (χ1) is 14.1. The maximum Gasteiger partial charge on any atom is 0.416 e. The summed E-state index contributed by atoms with van der Waals surface area (Å²) >= 11 is 6.98. The average Bonchev–Trinajstić information content (AvgIpc) is 2.60. The van der Waals surface area contributed by atoms with E-state index in [9.17, 15) is 34.8 Å². The summed E-state index contributed by atoms with van der Waals surface area (Å²) in [7, 11) is -7.37. The molecule has 2 aromatic carbocycles. The van der Waals surface area contributed by atoms with E-state index in [2.05, 4.69) is 0 Å². The zero-order chi connectivity index (χ0) is 23.6. The topological polar surface area (TPSA) is 97.4 Å². The lowest BCUT2D eigenvalue weighted by Crippen LogP contribution is -2.30. The standard InChI is InChI=1S/C18H17ClF3NO5S3/c1-3-31(27,28)14-4-5-16(15(19)10-14)29-13-7-11(6-12(9-13)18(20,21)22)8-17(24)23-30(2,25)26/h4-7,9-10H,3,8H2,1-2H3,(H,23,24). The number of sulfone groups is 1. The number of carbonyl (C=O) groups excluding carboxylic acids is 1. The third kappa shape index (κ3) is 7.41. The Morgan fingerprint density at radius 2 is 1.74 bits per heavy atom. The molecule has 0 saturated heterocycles. The van der Waals surface area contributed by atoms with E-state index in [-0.39, 0.29) is 26.1 Å². The molecule has 0 fully saturated rings. The van der Waals surface area contributed by atoms with Crippen molar-refractivity contribution < 1.29 is 34.8 Å². The van der Waals surface area contributed by atoms with Gasteiger partial charge in [0.05, 0.1) is 33.9 Å². The molecular weight excluding hydrogens is 499 g/mol. The van der Waals surface area contributed by atoms with Crippen LogP contribution in [0.3, 0.4) is 0 Å². The maximum atomic E-state index is 13.3.